The molecule has 0 aliphatic rings. The number of hydrogen-bond acceptors (Lipinski definition) is 1. The van der Waals surface area contributed by atoms with Crippen LogP contribution in [0.4, 0.5) is 8.78 Å². The van der Waals surface area contributed by atoms with Crippen molar-refractivity contribution >= 4 is 22.6 Å². The fraction of sp³-hybridized carbons (Fsp3) is 0.294. The lowest BCUT2D eigenvalue weighted by molar-refractivity contribution is 0.493. The Morgan fingerprint density at radius 3 is 2.38 bits per heavy atom. The third kappa shape index (κ3) is 4.74. The molecule has 0 aliphatic carbocycles. The van der Waals surface area contributed by atoms with Gasteiger partial charge in [-0.25, -0.2) is 8.78 Å². The Labute approximate surface area is 137 Å². The maximum Gasteiger partial charge on any atom is 0.159 e. The van der Waals surface area contributed by atoms with Gasteiger partial charge in [0.15, 0.2) is 11.6 Å². The van der Waals surface area contributed by atoms with Gasteiger partial charge < -0.3 is 5.32 Å². The highest BCUT2D eigenvalue weighted by Crippen LogP contribution is 2.21. The Bertz CT molecular complexity index is 584. The third-order valence-electron chi connectivity index (χ3n) is 3.34. The molecule has 1 nitrogen and oxygen atoms in total. The molecule has 2 aromatic carbocycles. The van der Waals surface area contributed by atoms with E-state index in [2.05, 4.69) is 59.1 Å². The van der Waals surface area contributed by atoms with Crippen LogP contribution in [-0.4, -0.2) is 6.54 Å². The van der Waals surface area contributed by atoms with E-state index in [4.69, 9.17) is 0 Å². The van der Waals surface area contributed by atoms with E-state index in [9.17, 15) is 8.78 Å². The quantitative estimate of drug-likeness (QED) is 0.683. The van der Waals surface area contributed by atoms with Crippen LogP contribution < -0.4 is 5.32 Å². The normalized spacial score (nSPS) is 12.4. The van der Waals surface area contributed by atoms with E-state index in [1.165, 1.54) is 21.3 Å². The SMILES string of the molecule is CCCNC(Cc1ccc(I)cc1)c1ccc(F)c(F)c1. The van der Waals surface area contributed by atoms with Crippen LogP contribution in [0, 0.1) is 15.2 Å². The lowest BCUT2D eigenvalue weighted by atomic mass is 9.98. The first kappa shape index (κ1) is 16.4. The molecule has 0 aliphatic heterocycles. The number of hydrogen-bond donors (Lipinski definition) is 1. The monoisotopic (exact) mass is 401 g/mol. The van der Waals surface area contributed by atoms with E-state index in [-0.39, 0.29) is 6.04 Å². The topological polar surface area (TPSA) is 12.0 Å². The molecule has 0 fully saturated rings. The van der Waals surface area contributed by atoms with Gasteiger partial charge in [0.05, 0.1) is 0 Å². The number of halogens is 3. The molecule has 0 aromatic heterocycles. The van der Waals surface area contributed by atoms with E-state index in [1.807, 2.05) is 0 Å². The summed E-state index contributed by atoms with van der Waals surface area (Å²) in [7, 11) is 0. The van der Waals surface area contributed by atoms with Gasteiger partial charge in [-0.2, -0.15) is 0 Å². The van der Waals surface area contributed by atoms with Crippen molar-refractivity contribution in [2.45, 2.75) is 25.8 Å². The van der Waals surface area contributed by atoms with Crippen molar-refractivity contribution in [2.75, 3.05) is 6.54 Å². The van der Waals surface area contributed by atoms with Gasteiger partial charge in [-0.3, -0.25) is 0 Å². The summed E-state index contributed by atoms with van der Waals surface area (Å²) >= 11 is 2.27. The Hall–Kier alpha value is -1.01. The molecule has 0 saturated heterocycles. The average molecular weight is 401 g/mol. The van der Waals surface area contributed by atoms with Crippen LogP contribution in [0.25, 0.3) is 0 Å². The fourth-order valence-corrected chi connectivity index (χ4v) is 2.57. The summed E-state index contributed by atoms with van der Waals surface area (Å²) in [5.74, 6) is -1.60. The summed E-state index contributed by atoms with van der Waals surface area (Å²) in [6, 6.07) is 12.4. The maximum atomic E-state index is 13.4. The van der Waals surface area contributed by atoms with Crippen LogP contribution in [0.15, 0.2) is 42.5 Å². The van der Waals surface area contributed by atoms with Gasteiger partial charge in [0, 0.05) is 9.61 Å². The van der Waals surface area contributed by atoms with Gasteiger partial charge in [-0.1, -0.05) is 25.1 Å². The fourth-order valence-electron chi connectivity index (χ4n) is 2.21. The maximum absolute atomic E-state index is 13.4. The van der Waals surface area contributed by atoms with Crippen molar-refractivity contribution in [3.8, 4) is 0 Å². The second kappa shape index (κ2) is 7.84. The van der Waals surface area contributed by atoms with Gasteiger partial charge in [0.1, 0.15) is 0 Å². The van der Waals surface area contributed by atoms with Crippen molar-refractivity contribution in [3.63, 3.8) is 0 Å². The zero-order valence-electron chi connectivity index (χ0n) is 11.9. The van der Waals surface area contributed by atoms with E-state index >= 15 is 0 Å². The Morgan fingerprint density at radius 1 is 1.05 bits per heavy atom. The summed E-state index contributed by atoms with van der Waals surface area (Å²) in [5, 5.41) is 3.40. The minimum atomic E-state index is -0.803. The van der Waals surface area contributed by atoms with Crippen LogP contribution in [-0.2, 0) is 6.42 Å². The number of nitrogens with one attached hydrogen (secondary N) is 1. The predicted octanol–water partition coefficient (Wildman–Crippen LogP) is 4.85. The van der Waals surface area contributed by atoms with Crippen molar-refractivity contribution in [2.24, 2.45) is 0 Å². The van der Waals surface area contributed by atoms with Crippen LogP contribution in [0.1, 0.15) is 30.5 Å². The highest BCUT2D eigenvalue weighted by atomic mass is 127. The van der Waals surface area contributed by atoms with Gasteiger partial charge >= 0.3 is 0 Å². The van der Waals surface area contributed by atoms with Gasteiger partial charge in [-0.15, -0.1) is 0 Å². The van der Waals surface area contributed by atoms with Crippen molar-refractivity contribution in [1.29, 1.82) is 0 Å². The zero-order chi connectivity index (χ0) is 15.2. The highest BCUT2D eigenvalue weighted by Gasteiger charge is 2.14. The molecule has 112 valence electrons. The first-order valence-corrected chi connectivity index (χ1v) is 8.10. The molecule has 2 rings (SSSR count). The summed E-state index contributed by atoms with van der Waals surface area (Å²) < 4.78 is 27.7. The molecular formula is C17H18F2IN. The molecule has 1 N–H and O–H groups in total. The summed E-state index contributed by atoms with van der Waals surface area (Å²) in [6.45, 7) is 2.92. The van der Waals surface area contributed by atoms with Crippen LogP contribution in [0.2, 0.25) is 0 Å². The molecule has 0 radical (unpaired) electrons. The summed E-state index contributed by atoms with van der Waals surface area (Å²) in [4.78, 5) is 0. The van der Waals surface area contributed by atoms with Crippen molar-refractivity contribution in [3.05, 3.63) is 68.8 Å². The largest absolute Gasteiger partial charge is 0.310 e. The number of benzene rings is 2. The molecule has 1 unspecified atom stereocenters. The van der Waals surface area contributed by atoms with Crippen LogP contribution in [0.5, 0.6) is 0 Å². The first-order valence-electron chi connectivity index (χ1n) is 7.03. The van der Waals surface area contributed by atoms with E-state index < -0.39 is 11.6 Å². The molecule has 2 aromatic rings. The predicted molar refractivity (Wildman–Crippen MR) is 90.3 cm³/mol. The van der Waals surface area contributed by atoms with Crippen molar-refractivity contribution in [1.82, 2.24) is 5.32 Å². The molecule has 0 saturated carbocycles. The third-order valence-corrected chi connectivity index (χ3v) is 4.06. The van der Waals surface area contributed by atoms with Crippen LogP contribution >= 0.6 is 22.6 Å². The molecule has 0 amide bonds. The molecule has 0 heterocycles. The second-order valence-corrected chi connectivity index (χ2v) is 6.26. The standard InChI is InChI=1S/C17H18F2IN/c1-2-9-21-17(10-12-3-6-14(20)7-4-12)13-5-8-15(18)16(19)11-13/h3-8,11,17,21H,2,9-10H2,1H3. The van der Waals surface area contributed by atoms with Crippen LogP contribution in [0.3, 0.4) is 0 Å². The smallest absolute Gasteiger partial charge is 0.159 e. The molecular weight excluding hydrogens is 383 g/mol. The molecule has 21 heavy (non-hydrogen) atoms. The van der Waals surface area contributed by atoms with Crippen molar-refractivity contribution < 1.29 is 8.78 Å². The molecule has 0 bridgehead atoms. The Kier molecular flexibility index (Phi) is 6.11. The summed E-state index contributed by atoms with van der Waals surface area (Å²) in [5.41, 5.74) is 1.95. The van der Waals surface area contributed by atoms with Gasteiger partial charge in [-0.05, 0) is 77.4 Å². The lowest BCUT2D eigenvalue weighted by Gasteiger charge is -2.19. The second-order valence-electron chi connectivity index (χ2n) is 5.01. The van der Waals surface area contributed by atoms with Gasteiger partial charge in [0.25, 0.3) is 0 Å². The van der Waals surface area contributed by atoms with E-state index in [0.717, 1.165) is 24.9 Å². The molecule has 0 spiro atoms. The molecule has 4 heteroatoms. The molecule has 1 atom stereocenters. The number of rotatable bonds is 6. The van der Waals surface area contributed by atoms with E-state index in [1.54, 1.807) is 6.07 Å². The summed E-state index contributed by atoms with van der Waals surface area (Å²) in [6.07, 6.45) is 1.74. The first-order chi connectivity index (χ1) is 10.1. The average Bonchev–Trinajstić information content (AvgIpc) is 2.48. The van der Waals surface area contributed by atoms with E-state index in [0.29, 0.717) is 0 Å². The minimum absolute atomic E-state index is 0.0138. The minimum Gasteiger partial charge on any atom is -0.310 e. The zero-order valence-corrected chi connectivity index (χ0v) is 14.0. The Morgan fingerprint density at radius 2 is 1.76 bits per heavy atom. The van der Waals surface area contributed by atoms with Gasteiger partial charge in [0.2, 0.25) is 0 Å². The lowest BCUT2D eigenvalue weighted by Crippen LogP contribution is -2.24. The highest BCUT2D eigenvalue weighted by molar-refractivity contribution is 14.1. The Balaban J connectivity index is 2.20.